The number of hydrogen-bond acceptors (Lipinski definition) is 3. The molecule has 18 heavy (non-hydrogen) atoms. The van der Waals surface area contributed by atoms with E-state index in [4.69, 9.17) is 5.73 Å². The van der Waals surface area contributed by atoms with Crippen molar-refractivity contribution in [2.75, 3.05) is 20.1 Å². The molecule has 0 aliphatic heterocycles. The van der Waals surface area contributed by atoms with E-state index >= 15 is 0 Å². The molecule has 1 aromatic carbocycles. The number of aromatic nitrogens is 2. The topological polar surface area (TPSA) is 57.9 Å². The fourth-order valence-corrected chi connectivity index (χ4v) is 2.27. The Morgan fingerprint density at radius 2 is 2.28 bits per heavy atom. The molecule has 1 atom stereocenters. The second-order valence-electron chi connectivity index (χ2n) is 4.96. The first kappa shape index (κ1) is 13.1. The van der Waals surface area contributed by atoms with Crippen molar-refractivity contribution in [3.63, 3.8) is 0 Å². The van der Waals surface area contributed by atoms with Crippen molar-refractivity contribution in [2.24, 2.45) is 11.7 Å². The molecule has 1 aromatic heterocycles. The van der Waals surface area contributed by atoms with Gasteiger partial charge in [-0.25, -0.2) is 4.98 Å². The zero-order valence-corrected chi connectivity index (χ0v) is 11.2. The monoisotopic (exact) mass is 246 g/mol. The molecule has 98 valence electrons. The molecule has 2 rings (SSSR count). The van der Waals surface area contributed by atoms with E-state index in [2.05, 4.69) is 47.0 Å². The molecule has 1 heterocycles. The Balaban J connectivity index is 1.99. The predicted octanol–water partition coefficient (Wildman–Crippen LogP) is 1.98. The zero-order chi connectivity index (χ0) is 13.0. The fraction of sp³-hybridized carbons (Fsp3) is 0.500. The summed E-state index contributed by atoms with van der Waals surface area (Å²) in [7, 11) is 2.15. The van der Waals surface area contributed by atoms with Crippen LogP contribution in [0.3, 0.4) is 0 Å². The third kappa shape index (κ3) is 3.09. The van der Waals surface area contributed by atoms with Gasteiger partial charge in [-0.3, -0.25) is 0 Å². The number of imidazole rings is 1. The van der Waals surface area contributed by atoms with Crippen molar-refractivity contribution in [1.29, 1.82) is 0 Å². The first-order chi connectivity index (χ1) is 8.72. The number of hydrogen-bond donors (Lipinski definition) is 2. The number of H-pyrrole nitrogens is 1. The first-order valence-electron chi connectivity index (χ1n) is 6.53. The van der Waals surface area contributed by atoms with Gasteiger partial charge in [0.2, 0.25) is 0 Å². The van der Waals surface area contributed by atoms with Gasteiger partial charge in [0.25, 0.3) is 0 Å². The Bertz CT molecular complexity index is 487. The molecule has 0 saturated heterocycles. The van der Waals surface area contributed by atoms with Crippen LogP contribution in [0.15, 0.2) is 24.5 Å². The number of benzene rings is 1. The van der Waals surface area contributed by atoms with Crippen LogP contribution in [0.5, 0.6) is 0 Å². The van der Waals surface area contributed by atoms with Gasteiger partial charge in [-0.05, 0) is 37.2 Å². The minimum atomic E-state index is 0.589. The SMILES string of the molecule is CCC(CN)CN(C)Cc1ccc2nc[nH]c2c1. The zero-order valence-electron chi connectivity index (χ0n) is 11.2. The van der Waals surface area contributed by atoms with Crippen molar-refractivity contribution >= 4 is 11.0 Å². The number of fused-ring (bicyclic) bond motifs is 1. The van der Waals surface area contributed by atoms with Gasteiger partial charge in [-0.1, -0.05) is 19.4 Å². The summed E-state index contributed by atoms with van der Waals surface area (Å²) >= 11 is 0. The highest BCUT2D eigenvalue weighted by molar-refractivity contribution is 5.74. The maximum Gasteiger partial charge on any atom is 0.0931 e. The molecule has 0 saturated carbocycles. The second-order valence-corrected chi connectivity index (χ2v) is 4.96. The van der Waals surface area contributed by atoms with Gasteiger partial charge in [0, 0.05) is 13.1 Å². The number of nitrogens with zero attached hydrogens (tertiary/aromatic N) is 2. The average molecular weight is 246 g/mol. The van der Waals surface area contributed by atoms with E-state index in [1.54, 1.807) is 6.33 Å². The standard InChI is InChI=1S/C14H22N4/c1-3-11(7-15)8-18(2)9-12-4-5-13-14(6-12)17-10-16-13/h4-6,10-11H,3,7-9,15H2,1-2H3,(H,16,17). The highest BCUT2D eigenvalue weighted by atomic mass is 15.1. The van der Waals surface area contributed by atoms with Gasteiger partial charge in [-0.2, -0.15) is 0 Å². The first-order valence-corrected chi connectivity index (χ1v) is 6.53. The number of aromatic amines is 1. The van der Waals surface area contributed by atoms with E-state index in [1.165, 1.54) is 5.56 Å². The maximum atomic E-state index is 5.75. The van der Waals surface area contributed by atoms with Gasteiger partial charge < -0.3 is 15.6 Å². The predicted molar refractivity (Wildman–Crippen MR) is 75.3 cm³/mol. The van der Waals surface area contributed by atoms with E-state index in [0.29, 0.717) is 5.92 Å². The molecule has 0 fully saturated rings. The molecule has 2 aromatic rings. The molecule has 0 spiro atoms. The van der Waals surface area contributed by atoms with Crippen molar-refractivity contribution in [3.8, 4) is 0 Å². The lowest BCUT2D eigenvalue weighted by molar-refractivity contribution is 0.268. The summed E-state index contributed by atoms with van der Waals surface area (Å²) in [4.78, 5) is 9.71. The lowest BCUT2D eigenvalue weighted by Gasteiger charge is -2.22. The van der Waals surface area contributed by atoms with E-state index in [0.717, 1.165) is 37.1 Å². The molecule has 1 unspecified atom stereocenters. The summed E-state index contributed by atoms with van der Waals surface area (Å²) < 4.78 is 0. The number of nitrogens with one attached hydrogen (secondary N) is 1. The summed E-state index contributed by atoms with van der Waals surface area (Å²) in [6, 6.07) is 6.38. The van der Waals surface area contributed by atoms with E-state index in [9.17, 15) is 0 Å². The molecule has 3 N–H and O–H groups in total. The second kappa shape index (κ2) is 5.98. The normalized spacial score (nSPS) is 13.3. The Morgan fingerprint density at radius 3 is 3.00 bits per heavy atom. The highest BCUT2D eigenvalue weighted by Crippen LogP contribution is 2.13. The van der Waals surface area contributed by atoms with Crippen LogP contribution in [0.2, 0.25) is 0 Å². The van der Waals surface area contributed by atoms with Crippen LogP contribution in [0.1, 0.15) is 18.9 Å². The number of rotatable bonds is 6. The molecule has 0 bridgehead atoms. The van der Waals surface area contributed by atoms with E-state index in [-0.39, 0.29) is 0 Å². The van der Waals surface area contributed by atoms with Gasteiger partial charge in [0.05, 0.1) is 17.4 Å². The fourth-order valence-electron chi connectivity index (χ4n) is 2.27. The third-order valence-corrected chi connectivity index (χ3v) is 3.42. The average Bonchev–Trinajstić information content (AvgIpc) is 2.83. The van der Waals surface area contributed by atoms with Crippen LogP contribution < -0.4 is 5.73 Å². The van der Waals surface area contributed by atoms with Gasteiger partial charge in [-0.15, -0.1) is 0 Å². The Kier molecular flexibility index (Phi) is 4.33. The lowest BCUT2D eigenvalue weighted by atomic mass is 10.1. The van der Waals surface area contributed by atoms with E-state index < -0.39 is 0 Å². The summed E-state index contributed by atoms with van der Waals surface area (Å²) in [6.45, 7) is 4.96. The number of nitrogens with two attached hydrogens (primary N) is 1. The lowest BCUT2D eigenvalue weighted by Crippen LogP contribution is -2.29. The molecular weight excluding hydrogens is 224 g/mol. The smallest absolute Gasteiger partial charge is 0.0931 e. The van der Waals surface area contributed by atoms with Crippen LogP contribution in [-0.4, -0.2) is 35.0 Å². The summed E-state index contributed by atoms with van der Waals surface area (Å²) in [5, 5.41) is 0. The van der Waals surface area contributed by atoms with Crippen LogP contribution in [0, 0.1) is 5.92 Å². The van der Waals surface area contributed by atoms with Crippen LogP contribution in [0.4, 0.5) is 0 Å². The maximum absolute atomic E-state index is 5.75. The molecule has 0 aliphatic carbocycles. The summed E-state index contributed by atoms with van der Waals surface area (Å²) in [5.74, 6) is 0.589. The molecule has 0 radical (unpaired) electrons. The highest BCUT2D eigenvalue weighted by Gasteiger charge is 2.08. The molecular formula is C14H22N4. The van der Waals surface area contributed by atoms with Crippen molar-refractivity contribution in [1.82, 2.24) is 14.9 Å². The Hall–Kier alpha value is -1.39. The minimum absolute atomic E-state index is 0.589. The van der Waals surface area contributed by atoms with Crippen LogP contribution >= 0.6 is 0 Å². The van der Waals surface area contributed by atoms with Crippen LogP contribution in [-0.2, 0) is 6.54 Å². The van der Waals surface area contributed by atoms with E-state index in [1.807, 2.05) is 0 Å². The molecule has 0 aliphatic rings. The summed E-state index contributed by atoms with van der Waals surface area (Å²) in [6.07, 6.45) is 2.88. The van der Waals surface area contributed by atoms with Crippen molar-refractivity contribution in [3.05, 3.63) is 30.1 Å². The van der Waals surface area contributed by atoms with Gasteiger partial charge in [0.1, 0.15) is 0 Å². The van der Waals surface area contributed by atoms with Gasteiger partial charge in [0.15, 0.2) is 0 Å². The minimum Gasteiger partial charge on any atom is -0.345 e. The Labute approximate surface area is 108 Å². The third-order valence-electron chi connectivity index (χ3n) is 3.42. The largest absolute Gasteiger partial charge is 0.345 e. The Morgan fingerprint density at radius 1 is 1.44 bits per heavy atom. The summed E-state index contributed by atoms with van der Waals surface area (Å²) in [5.41, 5.74) is 9.18. The molecule has 4 nitrogen and oxygen atoms in total. The van der Waals surface area contributed by atoms with Crippen LogP contribution in [0.25, 0.3) is 11.0 Å². The molecule has 4 heteroatoms. The van der Waals surface area contributed by atoms with Crippen molar-refractivity contribution < 1.29 is 0 Å². The molecule has 0 amide bonds. The van der Waals surface area contributed by atoms with Crippen molar-refractivity contribution in [2.45, 2.75) is 19.9 Å². The quantitative estimate of drug-likeness (QED) is 0.819. The van der Waals surface area contributed by atoms with Gasteiger partial charge >= 0.3 is 0 Å².